The summed E-state index contributed by atoms with van der Waals surface area (Å²) in [7, 11) is 2.52. The number of fused-ring (bicyclic) bond motifs is 7. The average molecular weight is 1140 g/mol. The molecule has 3 aliphatic heterocycles. The molecular weight excluding hydrogens is 1050 g/mol. The number of ether oxygens (including phenoxy) is 9. The highest BCUT2D eigenvalue weighted by molar-refractivity contribution is 5.80. The number of aliphatic hydroxyl groups is 9. The molecule has 0 radical (unpaired) electrons. The lowest BCUT2D eigenvalue weighted by atomic mass is 9.33. The van der Waals surface area contributed by atoms with Gasteiger partial charge in [0.05, 0.1) is 39.6 Å². The van der Waals surface area contributed by atoms with E-state index in [4.69, 9.17) is 42.6 Å². The Bertz CT molecular complexity index is 2470. The number of allylic oxidation sites excluding steroid dienone is 2. The number of benzene rings is 1. The van der Waals surface area contributed by atoms with Crippen LogP contribution >= 0.6 is 0 Å². The first-order valence-corrected chi connectivity index (χ1v) is 28.4. The summed E-state index contributed by atoms with van der Waals surface area (Å²) in [5, 5.41) is 109. The number of methoxy groups -OCH3 is 2. The van der Waals surface area contributed by atoms with Crippen LogP contribution in [0.3, 0.4) is 0 Å². The van der Waals surface area contributed by atoms with Gasteiger partial charge in [-0.15, -0.1) is 0 Å². The highest BCUT2D eigenvalue weighted by Crippen LogP contribution is 2.76. The molecule has 1 aromatic rings. The molecule has 9 rings (SSSR count). The van der Waals surface area contributed by atoms with E-state index in [0.717, 1.165) is 31.9 Å². The maximum absolute atomic E-state index is 15.6. The van der Waals surface area contributed by atoms with Crippen molar-refractivity contribution in [2.45, 2.75) is 217 Å². The number of phenolic OH excluding ortho intramolecular Hbond substituents is 1. The summed E-state index contributed by atoms with van der Waals surface area (Å²) >= 11 is 0. The Morgan fingerprint density at radius 2 is 1.41 bits per heavy atom. The average Bonchev–Trinajstić information content (AvgIpc) is 2.24. The van der Waals surface area contributed by atoms with Gasteiger partial charge in [-0.2, -0.15) is 0 Å². The van der Waals surface area contributed by atoms with Gasteiger partial charge in [-0.05, 0) is 127 Å². The van der Waals surface area contributed by atoms with Crippen molar-refractivity contribution in [2.75, 3.05) is 27.4 Å². The number of aromatic hydroxyl groups is 1. The second-order valence-corrected chi connectivity index (χ2v) is 26.3. The van der Waals surface area contributed by atoms with Gasteiger partial charge in [0, 0.05) is 6.42 Å². The molecule has 80 heavy (non-hydrogen) atoms. The molecule has 5 aliphatic carbocycles. The van der Waals surface area contributed by atoms with Gasteiger partial charge in [-0.3, -0.25) is 9.59 Å². The highest BCUT2D eigenvalue weighted by Gasteiger charge is 2.72. The van der Waals surface area contributed by atoms with Crippen LogP contribution in [0.1, 0.15) is 118 Å². The van der Waals surface area contributed by atoms with Crippen LogP contribution in [0.2, 0.25) is 0 Å². The third-order valence-electron chi connectivity index (χ3n) is 21.2. The second kappa shape index (κ2) is 22.4. The van der Waals surface area contributed by atoms with E-state index < -0.39 is 152 Å². The number of aliphatic hydroxyl groups excluding tert-OH is 9. The molecule has 10 N–H and O–H groups in total. The van der Waals surface area contributed by atoms with Crippen molar-refractivity contribution in [3.8, 4) is 11.5 Å². The summed E-state index contributed by atoms with van der Waals surface area (Å²) in [6.07, 6.45) is -18.0. The van der Waals surface area contributed by atoms with Crippen molar-refractivity contribution in [1.82, 2.24) is 0 Å². The van der Waals surface area contributed by atoms with Crippen LogP contribution in [-0.4, -0.2) is 195 Å². The summed E-state index contributed by atoms with van der Waals surface area (Å²) in [6.45, 7) is 14.2. The van der Waals surface area contributed by atoms with Crippen molar-refractivity contribution in [1.29, 1.82) is 0 Å². The van der Waals surface area contributed by atoms with Crippen LogP contribution in [0.25, 0.3) is 0 Å². The normalized spacial score (nSPS) is 45.8. The molecule has 22 nitrogen and oxygen atoms in total. The monoisotopic (exact) mass is 1130 g/mol. The van der Waals surface area contributed by atoms with Crippen molar-refractivity contribution >= 4 is 17.9 Å². The van der Waals surface area contributed by atoms with Crippen LogP contribution in [-0.2, 0) is 58.7 Å². The minimum absolute atomic E-state index is 0.0927. The lowest BCUT2D eigenvalue weighted by molar-refractivity contribution is -0.347. The first kappa shape index (κ1) is 61.0. The number of carbonyl (C=O) groups is 3. The highest BCUT2D eigenvalue weighted by atomic mass is 16.8. The lowest BCUT2D eigenvalue weighted by Gasteiger charge is -2.71. The second-order valence-electron chi connectivity index (χ2n) is 26.3. The first-order valence-electron chi connectivity index (χ1n) is 28.4. The van der Waals surface area contributed by atoms with Gasteiger partial charge in [0.25, 0.3) is 0 Å². The van der Waals surface area contributed by atoms with Gasteiger partial charge in [-0.1, -0.05) is 66.2 Å². The minimum Gasteiger partial charge on any atom is -0.504 e. The van der Waals surface area contributed by atoms with E-state index in [1.165, 1.54) is 13.2 Å². The molecule has 0 aromatic heterocycles. The number of phenols is 1. The summed E-state index contributed by atoms with van der Waals surface area (Å²) in [5.74, 6) is -2.78. The molecule has 0 unspecified atom stereocenters. The number of carbonyl (C=O) groups excluding carboxylic acids is 3. The topological polar surface area (TPSA) is 337 Å². The van der Waals surface area contributed by atoms with E-state index in [-0.39, 0.29) is 65.3 Å². The molecule has 450 valence electrons. The molecule has 4 saturated carbocycles. The van der Waals surface area contributed by atoms with Crippen molar-refractivity contribution in [3.63, 3.8) is 0 Å². The van der Waals surface area contributed by atoms with Crippen molar-refractivity contribution in [3.05, 3.63) is 35.4 Å². The predicted molar refractivity (Wildman–Crippen MR) is 277 cm³/mol. The maximum Gasteiger partial charge on any atom is 0.337 e. The molecule has 23 atom stereocenters. The zero-order chi connectivity index (χ0) is 58.4. The zero-order valence-electron chi connectivity index (χ0n) is 47.3. The number of esters is 3. The van der Waals surface area contributed by atoms with E-state index in [2.05, 4.69) is 54.5 Å². The minimum atomic E-state index is -1.91. The summed E-state index contributed by atoms with van der Waals surface area (Å²) in [5.41, 5.74) is -1.87. The Kier molecular flexibility index (Phi) is 17.1. The number of aryl methyl sites for hydroxylation is 1. The Labute approximate surface area is 466 Å². The molecule has 0 amide bonds. The van der Waals surface area contributed by atoms with Crippen molar-refractivity contribution < 1.29 is 108 Å². The number of hydrogen-bond acceptors (Lipinski definition) is 22. The third kappa shape index (κ3) is 10.2. The predicted octanol–water partition coefficient (Wildman–Crippen LogP) is 1.83. The Balaban J connectivity index is 0.993. The van der Waals surface area contributed by atoms with Gasteiger partial charge in [0.2, 0.25) is 6.29 Å². The van der Waals surface area contributed by atoms with Crippen molar-refractivity contribution in [2.24, 2.45) is 50.2 Å². The summed E-state index contributed by atoms with van der Waals surface area (Å²) in [6, 6.07) is 4.56. The Hall–Kier alpha value is -3.59. The van der Waals surface area contributed by atoms with Gasteiger partial charge in [0.1, 0.15) is 60.4 Å². The van der Waals surface area contributed by atoms with Gasteiger partial charge >= 0.3 is 17.9 Å². The largest absolute Gasteiger partial charge is 0.504 e. The fourth-order valence-electron chi connectivity index (χ4n) is 16.4. The summed E-state index contributed by atoms with van der Waals surface area (Å²) in [4.78, 5) is 42.1. The van der Waals surface area contributed by atoms with Gasteiger partial charge < -0.3 is 93.7 Å². The molecule has 8 aliphatic rings. The van der Waals surface area contributed by atoms with Crippen LogP contribution in [0.4, 0.5) is 0 Å². The molecule has 3 heterocycles. The zero-order valence-corrected chi connectivity index (χ0v) is 47.3. The summed E-state index contributed by atoms with van der Waals surface area (Å²) < 4.78 is 52.6. The molecule has 3 saturated heterocycles. The van der Waals surface area contributed by atoms with Crippen LogP contribution < -0.4 is 4.74 Å². The van der Waals surface area contributed by atoms with E-state index in [1.54, 1.807) is 12.1 Å². The molecule has 1 aromatic carbocycles. The fourth-order valence-corrected chi connectivity index (χ4v) is 16.4. The maximum atomic E-state index is 15.6. The van der Waals surface area contributed by atoms with E-state index >= 15 is 4.79 Å². The number of hydrogen-bond donors (Lipinski definition) is 10. The quantitative estimate of drug-likeness (QED) is 0.0583. The molecule has 7 fully saturated rings. The van der Waals surface area contributed by atoms with Crippen LogP contribution in [0, 0.1) is 50.2 Å². The Morgan fingerprint density at radius 3 is 2.09 bits per heavy atom. The standard InChI is InChI=1S/C58H86O22/c1-53(2)20-21-58(52(71)80-51-47(77-38(63)15-11-27-10-13-30(60)32(22-27)72-8)45(31(61)26-74-51)78-49-43(68)40(65)39(64)33(25-59)75-49)29(23-53)28-12-14-35-55(5)18-17-37(76-50-44(69)41(66)42(67)46(79-50)48(70)73-9)54(3,4)34(55)16-19-56(35,6)57(28,7)24-36(58)62/h10,12-13,22,29,31,33-37,39-47,49-51,59-62,64-69H,11,14-21,23-26H2,1-9H3/t29-,31+,33+,34-,35+,36+,37-,39+,40-,41-,42-,43+,44+,45+,46-,47-,49-,50+,51-,55-,56+,57+,58+/m0/s1. The molecule has 22 heteroatoms. The third-order valence-corrected chi connectivity index (χ3v) is 21.2. The lowest BCUT2D eigenvalue weighted by Crippen LogP contribution is -2.68. The fraction of sp³-hybridized carbons (Fsp3) is 0.810. The molecule has 0 spiro atoms. The van der Waals surface area contributed by atoms with E-state index in [1.807, 2.05) is 0 Å². The van der Waals surface area contributed by atoms with Gasteiger partial charge in [0.15, 0.2) is 36.3 Å². The number of rotatable bonds is 13. The SMILES string of the molecule is COC(=O)[C@H]1O[C@@H](O[C@H]2CC[C@]3(C)[C@H]4CC=C5[C@@H]6CC(C)(C)CC[C@]6(C(=O)O[C@@H]6OC[C@@H](O)[C@@H](O[C@@H]7O[C@H](CO)[C@@H](O)[C@H](O)[C@H]7O)[C@@H]6OC(=O)CCc6ccc(O)c(OC)c6)[C@H](O)C[C@@]5(C)[C@]4(C)CC[C@H]3C2(C)C)[C@H](O)[C@@H](O)[C@@H]1O. The van der Waals surface area contributed by atoms with Crippen LogP contribution in [0.15, 0.2) is 29.8 Å². The first-order chi connectivity index (χ1) is 37.5. The van der Waals surface area contributed by atoms with Gasteiger partial charge in [-0.25, -0.2) is 4.79 Å². The van der Waals surface area contributed by atoms with Crippen LogP contribution in [0.5, 0.6) is 11.5 Å². The molecule has 0 bridgehead atoms. The smallest absolute Gasteiger partial charge is 0.337 e. The Morgan fingerprint density at radius 1 is 0.725 bits per heavy atom. The molecular formula is C58H86O22. The van der Waals surface area contributed by atoms with E-state index in [0.29, 0.717) is 31.2 Å². The van der Waals surface area contributed by atoms with E-state index in [9.17, 15) is 60.7 Å².